The fourth-order valence-electron chi connectivity index (χ4n) is 2.90. The molecule has 6 nitrogen and oxygen atoms in total. The molecule has 0 bridgehead atoms. The molecular formula is C21H36N4O2. The van der Waals surface area contributed by atoms with Crippen LogP contribution >= 0.6 is 0 Å². The van der Waals surface area contributed by atoms with Crippen molar-refractivity contribution >= 4 is 5.96 Å². The molecule has 1 saturated carbocycles. The van der Waals surface area contributed by atoms with E-state index in [0.29, 0.717) is 6.54 Å². The van der Waals surface area contributed by atoms with Crippen molar-refractivity contribution < 1.29 is 9.47 Å². The predicted octanol–water partition coefficient (Wildman–Crippen LogP) is 2.62. The fourth-order valence-corrected chi connectivity index (χ4v) is 2.90. The van der Waals surface area contributed by atoms with Gasteiger partial charge in [-0.2, -0.15) is 0 Å². The van der Waals surface area contributed by atoms with E-state index in [1.54, 1.807) is 7.11 Å². The van der Waals surface area contributed by atoms with Crippen LogP contribution in [0.15, 0.2) is 29.3 Å². The van der Waals surface area contributed by atoms with Crippen LogP contribution < -0.4 is 10.1 Å². The minimum Gasteiger partial charge on any atom is -0.497 e. The average molecular weight is 377 g/mol. The number of hydrogen-bond donors (Lipinski definition) is 1. The SMILES string of the molecule is CCNC(=NCC(c1cccc(OC)c1)N(C)C)N(C)CCOCC1CC1. The van der Waals surface area contributed by atoms with Gasteiger partial charge in [-0.25, -0.2) is 0 Å². The van der Waals surface area contributed by atoms with Crippen LogP contribution in [0.3, 0.4) is 0 Å². The quantitative estimate of drug-likeness (QED) is 0.365. The summed E-state index contributed by atoms with van der Waals surface area (Å²) in [6.45, 7) is 6.10. The number of benzene rings is 1. The van der Waals surface area contributed by atoms with Crippen molar-refractivity contribution in [3.05, 3.63) is 29.8 Å². The molecular weight excluding hydrogens is 340 g/mol. The van der Waals surface area contributed by atoms with Gasteiger partial charge in [0, 0.05) is 26.7 Å². The molecule has 0 amide bonds. The number of nitrogens with one attached hydrogen (secondary N) is 1. The molecule has 1 N–H and O–H groups in total. The molecule has 27 heavy (non-hydrogen) atoms. The minimum absolute atomic E-state index is 0.188. The van der Waals surface area contributed by atoms with E-state index in [4.69, 9.17) is 14.5 Å². The summed E-state index contributed by atoms with van der Waals surface area (Å²) < 4.78 is 11.1. The predicted molar refractivity (Wildman–Crippen MR) is 112 cm³/mol. The van der Waals surface area contributed by atoms with Gasteiger partial charge in [-0.3, -0.25) is 4.99 Å². The van der Waals surface area contributed by atoms with Crippen molar-refractivity contribution in [2.75, 3.05) is 61.1 Å². The van der Waals surface area contributed by atoms with E-state index in [1.807, 2.05) is 12.1 Å². The summed E-state index contributed by atoms with van der Waals surface area (Å²) in [6, 6.07) is 8.41. The smallest absolute Gasteiger partial charge is 0.193 e. The van der Waals surface area contributed by atoms with Gasteiger partial charge in [0.1, 0.15) is 5.75 Å². The molecule has 0 saturated heterocycles. The molecule has 1 aromatic rings. The molecule has 1 aliphatic rings. The zero-order valence-corrected chi connectivity index (χ0v) is 17.6. The molecule has 1 fully saturated rings. The van der Waals surface area contributed by atoms with Gasteiger partial charge in [0.05, 0.1) is 26.3 Å². The van der Waals surface area contributed by atoms with Gasteiger partial charge >= 0.3 is 0 Å². The normalized spacial score (nSPS) is 15.7. The molecule has 2 rings (SSSR count). The first-order valence-electron chi connectivity index (χ1n) is 9.92. The Hall–Kier alpha value is -1.79. The number of likely N-dealkylation sites (N-methyl/N-ethyl adjacent to an activating group) is 2. The Labute approximate surface area is 164 Å². The highest BCUT2D eigenvalue weighted by molar-refractivity contribution is 5.79. The highest BCUT2D eigenvalue weighted by Gasteiger charge is 2.21. The van der Waals surface area contributed by atoms with Crippen LogP contribution in [0.2, 0.25) is 0 Å². The maximum Gasteiger partial charge on any atom is 0.193 e. The number of rotatable bonds is 11. The van der Waals surface area contributed by atoms with Gasteiger partial charge in [-0.05, 0) is 57.5 Å². The van der Waals surface area contributed by atoms with Gasteiger partial charge in [0.25, 0.3) is 0 Å². The zero-order chi connectivity index (χ0) is 19.6. The molecule has 1 atom stereocenters. The van der Waals surface area contributed by atoms with Gasteiger partial charge in [-0.1, -0.05) is 12.1 Å². The molecule has 152 valence electrons. The second-order valence-electron chi connectivity index (χ2n) is 7.39. The van der Waals surface area contributed by atoms with Gasteiger partial charge < -0.3 is 24.6 Å². The van der Waals surface area contributed by atoms with Crippen LogP contribution in [-0.4, -0.2) is 76.9 Å². The summed E-state index contributed by atoms with van der Waals surface area (Å²) >= 11 is 0. The van der Waals surface area contributed by atoms with E-state index < -0.39 is 0 Å². The topological polar surface area (TPSA) is 49.3 Å². The van der Waals surface area contributed by atoms with Gasteiger partial charge in [0.2, 0.25) is 0 Å². The molecule has 6 heteroatoms. The summed E-state index contributed by atoms with van der Waals surface area (Å²) in [4.78, 5) is 9.23. The third-order valence-electron chi connectivity index (χ3n) is 4.83. The molecule has 0 aromatic heterocycles. The molecule has 0 spiro atoms. The fraction of sp³-hybridized carbons (Fsp3) is 0.667. The Morgan fingerprint density at radius 3 is 2.70 bits per heavy atom. The Morgan fingerprint density at radius 2 is 2.07 bits per heavy atom. The molecule has 0 aliphatic heterocycles. The average Bonchev–Trinajstić information content (AvgIpc) is 3.48. The van der Waals surface area contributed by atoms with Crippen molar-refractivity contribution in [3.63, 3.8) is 0 Å². The molecule has 0 radical (unpaired) electrons. The van der Waals surface area contributed by atoms with Crippen molar-refractivity contribution in [1.29, 1.82) is 0 Å². The molecule has 1 aromatic carbocycles. The van der Waals surface area contributed by atoms with Gasteiger partial charge in [-0.15, -0.1) is 0 Å². The van der Waals surface area contributed by atoms with Crippen LogP contribution in [0.4, 0.5) is 0 Å². The van der Waals surface area contributed by atoms with E-state index in [2.05, 4.69) is 55.3 Å². The monoisotopic (exact) mass is 376 g/mol. The summed E-state index contributed by atoms with van der Waals surface area (Å²) in [7, 11) is 7.94. The largest absolute Gasteiger partial charge is 0.497 e. The third kappa shape index (κ3) is 7.39. The molecule has 0 heterocycles. The lowest BCUT2D eigenvalue weighted by Crippen LogP contribution is -2.41. The minimum atomic E-state index is 0.188. The maximum absolute atomic E-state index is 5.77. The Morgan fingerprint density at radius 1 is 1.30 bits per heavy atom. The lowest BCUT2D eigenvalue weighted by Gasteiger charge is -2.26. The Kier molecular flexibility index (Phi) is 8.88. The second-order valence-corrected chi connectivity index (χ2v) is 7.39. The Balaban J connectivity index is 1.97. The van der Waals surface area contributed by atoms with E-state index >= 15 is 0 Å². The number of aliphatic imine (C=N–C) groups is 1. The second kappa shape index (κ2) is 11.1. The standard InChI is InChI=1S/C21H36N4O2/c1-6-22-21(25(4)12-13-27-16-17-10-11-17)23-15-20(24(2)3)18-8-7-9-19(14-18)26-5/h7-9,14,17,20H,6,10-13,15-16H2,1-5H3,(H,22,23). The van der Waals surface area contributed by atoms with Crippen molar-refractivity contribution in [2.24, 2.45) is 10.9 Å². The van der Waals surface area contributed by atoms with E-state index in [0.717, 1.165) is 43.9 Å². The van der Waals surface area contributed by atoms with E-state index in [-0.39, 0.29) is 6.04 Å². The summed E-state index contributed by atoms with van der Waals surface area (Å²) in [5.41, 5.74) is 1.20. The van der Waals surface area contributed by atoms with Crippen LogP contribution in [0.1, 0.15) is 31.4 Å². The molecule has 1 unspecified atom stereocenters. The number of nitrogens with zero attached hydrogens (tertiary/aromatic N) is 3. The summed E-state index contributed by atoms with van der Waals surface area (Å²) in [5, 5.41) is 3.39. The van der Waals surface area contributed by atoms with Crippen molar-refractivity contribution in [1.82, 2.24) is 15.1 Å². The highest BCUT2D eigenvalue weighted by Crippen LogP contribution is 2.28. The maximum atomic E-state index is 5.77. The van der Waals surface area contributed by atoms with Crippen LogP contribution in [-0.2, 0) is 4.74 Å². The number of guanidine groups is 1. The Bertz CT molecular complexity index is 587. The van der Waals surface area contributed by atoms with Crippen LogP contribution in [0.25, 0.3) is 0 Å². The van der Waals surface area contributed by atoms with Gasteiger partial charge in [0.15, 0.2) is 5.96 Å². The first-order valence-corrected chi connectivity index (χ1v) is 9.92. The van der Waals surface area contributed by atoms with E-state index in [9.17, 15) is 0 Å². The number of hydrogen-bond acceptors (Lipinski definition) is 4. The molecule has 1 aliphatic carbocycles. The van der Waals surface area contributed by atoms with Crippen LogP contribution in [0.5, 0.6) is 5.75 Å². The first kappa shape index (κ1) is 21.5. The third-order valence-corrected chi connectivity index (χ3v) is 4.83. The summed E-state index contributed by atoms with van der Waals surface area (Å²) in [6.07, 6.45) is 2.66. The highest BCUT2D eigenvalue weighted by atomic mass is 16.5. The first-order chi connectivity index (χ1) is 13.0. The van der Waals surface area contributed by atoms with Crippen molar-refractivity contribution in [2.45, 2.75) is 25.8 Å². The zero-order valence-electron chi connectivity index (χ0n) is 17.6. The van der Waals surface area contributed by atoms with Crippen LogP contribution in [0, 0.1) is 5.92 Å². The number of ether oxygens (including phenoxy) is 2. The van der Waals surface area contributed by atoms with Crippen molar-refractivity contribution in [3.8, 4) is 5.75 Å². The lowest BCUT2D eigenvalue weighted by molar-refractivity contribution is 0.115. The van der Waals surface area contributed by atoms with E-state index in [1.165, 1.54) is 18.4 Å². The number of methoxy groups -OCH3 is 1. The lowest BCUT2D eigenvalue weighted by atomic mass is 10.1. The summed E-state index contributed by atoms with van der Waals surface area (Å²) in [5.74, 6) is 2.60.